The van der Waals surface area contributed by atoms with Gasteiger partial charge in [0, 0.05) is 18.8 Å². The summed E-state index contributed by atoms with van der Waals surface area (Å²) in [7, 11) is 0. The SMILES string of the molecule is C=CCCCCCCc1ncccn1. The molecule has 1 heterocycles. The normalized spacial score (nSPS) is 10.0. The van der Waals surface area contributed by atoms with Crippen molar-refractivity contribution in [1.82, 2.24) is 9.97 Å². The van der Waals surface area contributed by atoms with Gasteiger partial charge in [-0.1, -0.05) is 18.9 Å². The summed E-state index contributed by atoms with van der Waals surface area (Å²) in [4.78, 5) is 8.37. The van der Waals surface area contributed by atoms with E-state index in [9.17, 15) is 0 Å². The smallest absolute Gasteiger partial charge is 0.128 e. The number of hydrogen-bond acceptors (Lipinski definition) is 2. The Morgan fingerprint density at radius 3 is 2.50 bits per heavy atom. The number of hydrogen-bond donors (Lipinski definition) is 0. The molecule has 0 atom stereocenters. The van der Waals surface area contributed by atoms with E-state index >= 15 is 0 Å². The molecule has 0 bridgehead atoms. The van der Waals surface area contributed by atoms with Crippen LogP contribution in [0.4, 0.5) is 0 Å². The van der Waals surface area contributed by atoms with E-state index in [0.29, 0.717) is 0 Å². The molecule has 0 unspecified atom stereocenters. The summed E-state index contributed by atoms with van der Waals surface area (Å²) >= 11 is 0. The van der Waals surface area contributed by atoms with E-state index in [1.54, 1.807) is 12.4 Å². The van der Waals surface area contributed by atoms with E-state index in [1.165, 1.54) is 25.7 Å². The summed E-state index contributed by atoms with van der Waals surface area (Å²) in [6.45, 7) is 3.71. The highest BCUT2D eigenvalue weighted by Gasteiger charge is 1.94. The van der Waals surface area contributed by atoms with Crippen LogP contribution in [0.15, 0.2) is 31.1 Å². The number of nitrogens with zero attached hydrogens (tertiary/aromatic N) is 2. The van der Waals surface area contributed by atoms with Gasteiger partial charge in [-0.05, 0) is 25.3 Å². The maximum Gasteiger partial charge on any atom is 0.128 e. The van der Waals surface area contributed by atoms with Crippen LogP contribution in [0.5, 0.6) is 0 Å². The van der Waals surface area contributed by atoms with Crippen molar-refractivity contribution in [3.8, 4) is 0 Å². The Labute approximate surface area is 86.1 Å². The Bertz CT molecular complexity index is 244. The molecule has 0 radical (unpaired) electrons. The summed E-state index contributed by atoms with van der Waals surface area (Å²) in [5.74, 6) is 0.969. The van der Waals surface area contributed by atoms with Crippen LogP contribution in [0.3, 0.4) is 0 Å². The maximum atomic E-state index is 4.19. The molecular formula is C12H18N2. The van der Waals surface area contributed by atoms with Crippen molar-refractivity contribution in [1.29, 1.82) is 0 Å². The molecule has 0 aromatic carbocycles. The standard InChI is InChI=1S/C12H18N2/c1-2-3-4-5-6-7-9-12-13-10-8-11-14-12/h2,8,10-11H,1,3-7,9H2. The van der Waals surface area contributed by atoms with Gasteiger partial charge in [0.2, 0.25) is 0 Å². The summed E-state index contributed by atoms with van der Waals surface area (Å²) in [6, 6.07) is 1.85. The van der Waals surface area contributed by atoms with Crippen molar-refractivity contribution in [3.63, 3.8) is 0 Å². The van der Waals surface area contributed by atoms with E-state index in [2.05, 4.69) is 16.5 Å². The molecule has 0 aliphatic carbocycles. The predicted molar refractivity (Wildman–Crippen MR) is 59.0 cm³/mol. The van der Waals surface area contributed by atoms with Gasteiger partial charge < -0.3 is 0 Å². The number of unbranched alkanes of at least 4 members (excludes halogenated alkanes) is 4. The molecule has 0 aliphatic rings. The second-order valence-corrected chi connectivity index (χ2v) is 3.41. The van der Waals surface area contributed by atoms with Crippen molar-refractivity contribution < 1.29 is 0 Å². The van der Waals surface area contributed by atoms with Gasteiger partial charge in [-0.3, -0.25) is 0 Å². The molecule has 0 N–H and O–H groups in total. The lowest BCUT2D eigenvalue weighted by Crippen LogP contribution is -1.93. The lowest BCUT2D eigenvalue weighted by atomic mass is 10.1. The first-order valence-electron chi connectivity index (χ1n) is 5.30. The fourth-order valence-electron chi connectivity index (χ4n) is 1.38. The highest BCUT2D eigenvalue weighted by molar-refractivity contribution is 4.88. The Morgan fingerprint density at radius 1 is 1.07 bits per heavy atom. The van der Waals surface area contributed by atoms with E-state index in [-0.39, 0.29) is 0 Å². The van der Waals surface area contributed by atoms with Crippen LogP contribution in [0.2, 0.25) is 0 Å². The molecule has 0 aliphatic heterocycles. The largest absolute Gasteiger partial charge is 0.241 e. The molecule has 1 aromatic rings. The average molecular weight is 190 g/mol. The third-order valence-corrected chi connectivity index (χ3v) is 2.18. The quantitative estimate of drug-likeness (QED) is 0.487. The molecule has 2 heteroatoms. The van der Waals surface area contributed by atoms with Crippen LogP contribution in [0.1, 0.15) is 37.9 Å². The number of aromatic nitrogens is 2. The minimum absolute atomic E-state index is 0.969. The highest BCUT2D eigenvalue weighted by atomic mass is 14.8. The van der Waals surface area contributed by atoms with Gasteiger partial charge in [-0.2, -0.15) is 0 Å². The zero-order valence-electron chi connectivity index (χ0n) is 8.65. The van der Waals surface area contributed by atoms with Gasteiger partial charge in [-0.15, -0.1) is 6.58 Å². The fourth-order valence-corrected chi connectivity index (χ4v) is 1.38. The van der Waals surface area contributed by atoms with Gasteiger partial charge >= 0.3 is 0 Å². The molecule has 14 heavy (non-hydrogen) atoms. The van der Waals surface area contributed by atoms with Crippen LogP contribution in [-0.2, 0) is 6.42 Å². The van der Waals surface area contributed by atoms with Gasteiger partial charge in [0.25, 0.3) is 0 Å². The summed E-state index contributed by atoms with van der Waals surface area (Å²) in [5, 5.41) is 0. The number of rotatable bonds is 7. The Balaban J connectivity index is 2.02. The van der Waals surface area contributed by atoms with Crippen molar-refractivity contribution in [2.24, 2.45) is 0 Å². The third kappa shape index (κ3) is 4.75. The monoisotopic (exact) mass is 190 g/mol. The first-order chi connectivity index (χ1) is 6.93. The Morgan fingerprint density at radius 2 is 1.79 bits per heavy atom. The molecule has 0 spiro atoms. The van der Waals surface area contributed by atoms with Crippen LogP contribution >= 0.6 is 0 Å². The minimum atomic E-state index is 0.969. The lowest BCUT2D eigenvalue weighted by molar-refractivity contribution is 0.635. The first-order valence-corrected chi connectivity index (χ1v) is 5.30. The van der Waals surface area contributed by atoms with Crippen LogP contribution in [0, 0.1) is 0 Å². The zero-order chi connectivity index (χ0) is 10.1. The van der Waals surface area contributed by atoms with E-state index in [4.69, 9.17) is 0 Å². The lowest BCUT2D eigenvalue weighted by Gasteiger charge is -1.99. The molecule has 2 nitrogen and oxygen atoms in total. The second kappa shape index (κ2) is 7.25. The third-order valence-electron chi connectivity index (χ3n) is 2.18. The Hall–Kier alpha value is -1.18. The second-order valence-electron chi connectivity index (χ2n) is 3.41. The maximum absolute atomic E-state index is 4.19. The van der Waals surface area contributed by atoms with E-state index < -0.39 is 0 Å². The number of aryl methyl sites for hydroxylation is 1. The van der Waals surface area contributed by atoms with Crippen molar-refractivity contribution in [2.75, 3.05) is 0 Å². The van der Waals surface area contributed by atoms with Crippen LogP contribution in [-0.4, -0.2) is 9.97 Å². The topological polar surface area (TPSA) is 25.8 Å². The number of allylic oxidation sites excluding steroid dienone is 1. The molecule has 0 saturated heterocycles. The van der Waals surface area contributed by atoms with E-state index in [1.807, 2.05) is 12.1 Å². The first kappa shape index (κ1) is 10.9. The van der Waals surface area contributed by atoms with Crippen molar-refractivity contribution in [3.05, 3.63) is 36.9 Å². The molecule has 0 fully saturated rings. The van der Waals surface area contributed by atoms with Gasteiger partial charge in [-0.25, -0.2) is 9.97 Å². The molecule has 1 aromatic heterocycles. The van der Waals surface area contributed by atoms with Gasteiger partial charge in [0.05, 0.1) is 0 Å². The molecule has 0 saturated carbocycles. The molecule has 1 rings (SSSR count). The zero-order valence-corrected chi connectivity index (χ0v) is 8.65. The van der Waals surface area contributed by atoms with E-state index in [0.717, 1.165) is 18.7 Å². The predicted octanol–water partition coefficient (Wildman–Crippen LogP) is 3.16. The van der Waals surface area contributed by atoms with Crippen molar-refractivity contribution >= 4 is 0 Å². The summed E-state index contributed by atoms with van der Waals surface area (Å²) < 4.78 is 0. The van der Waals surface area contributed by atoms with Gasteiger partial charge in [0.15, 0.2) is 0 Å². The van der Waals surface area contributed by atoms with Crippen molar-refractivity contribution in [2.45, 2.75) is 38.5 Å². The van der Waals surface area contributed by atoms with Gasteiger partial charge in [0.1, 0.15) is 5.82 Å². The molecule has 76 valence electrons. The Kier molecular flexibility index (Phi) is 5.64. The fraction of sp³-hybridized carbons (Fsp3) is 0.500. The highest BCUT2D eigenvalue weighted by Crippen LogP contribution is 2.05. The summed E-state index contributed by atoms with van der Waals surface area (Å²) in [6.07, 6.45) is 12.8. The molecule has 0 amide bonds. The summed E-state index contributed by atoms with van der Waals surface area (Å²) in [5.41, 5.74) is 0. The molecular weight excluding hydrogens is 172 g/mol. The van der Waals surface area contributed by atoms with Crippen LogP contribution < -0.4 is 0 Å². The average Bonchev–Trinajstić information content (AvgIpc) is 2.25. The minimum Gasteiger partial charge on any atom is -0.241 e. The van der Waals surface area contributed by atoms with Crippen LogP contribution in [0.25, 0.3) is 0 Å².